The molecule has 0 atom stereocenters. The molecule has 0 bridgehead atoms. The van der Waals surface area contributed by atoms with E-state index in [0.29, 0.717) is 5.56 Å². The second-order valence-corrected chi connectivity index (χ2v) is 2.81. The van der Waals surface area contributed by atoms with Crippen LogP contribution in [-0.4, -0.2) is 15.6 Å². The summed E-state index contributed by atoms with van der Waals surface area (Å²) < 4.78 is 1.96. The van der Waals surface area contributed by atoms with E-state index in [4.69, 9.17) is 5.11 Å². The molecule has 1 N–H and O–H groups in total. The third-order valence-electron chi connectivity index (χ3n) is 1.94. The second-order valence-electron chi connectivity index (χ2n) is 2.81. The summed E-state index contributed by atoms with van der Waals surface area (Å²) in [4.78, 5) is 10.6. The molecule has 12 heavy (non-hydrogen) atoms. The lowest BCUT2D eigenvalue weighted by atomic mass is 10.2. The van der Waals surface area contributed by atoms with Crippen molar-refractivity contribution in [3.8, 4) is 0 Å². The number of rotatable bonds is 3. The van der Waals surface area contributed by atoms with Gasteiger partial charge in [0.1, 0.15) is 0 Å². The highest BCUT2D eigenvalue weighted by atomic mass is 16.4. The van der Waals surface area contributed by atoms with Gasteiger partial charge in [-0.1, -0.05) is 6.92 Å². The molecule has 0 fully saturated rings. The Morgan fingerprint density at radius 2 is 2.33 bits per heavy atom. The molecule has 3 nitrogen and oxygen atoms in total. The maximum Gasteiger partial charge on any atom is 0.337 e. The van der Waals surface area contributed by atoms with Crippen LogP contribution in [0.25, 0.3) is 0 Å². The van der Waals surface area contributed by atoms with Crippen molar-refractivity contribution in [2.24, 2.45) is 0 Å². The van der Waals surface area contributed by atoms with Crippen LogP contribution < -0.4 is 0 Å². The Morgan fingerprint density at radius 3 is 2.75 bits per heavy atom. The topological polar surface area (TPSA) is 42.2 Å². The van der Waals surface area contributed by atoms with Gasteiger partial charge >= 0.3 is 5.97 Å². The molecule has 1 aromatic heterocycles. The van der Waals surface area contributed by atoms with Gasteiger partial charge in [-0.05, 0) is 19.4 Å². The van der Waals surface area contributed by atoms with Crippen LogP contribution in [0.2, 0.25) is 0 Å². The molecule has 0 saturated carbocycles. The van der Waals surface area contributed by atoms with Gasteiger partial charge in [-0.15, -0.1) is 0 Å². The molecule has 3 heteroatoms. The number of carboxylic acids is 1. The molecule has 0 aliphatic carbocycles. The van der Waals surface area contributed by atoms with Gasteiger partial charge in [-0.2, -0.15) is 0 Å². The predicted molar refractivity (Wildman–Crippen MR) is 46.4 cm³/mol. The minimum absolute atomic E-state index is 0.406. The van der Waals surface area contributed by atoms with E-state index in [1.54, 1.807) is 6.07 Å². The number of carboxylic acid groups (broad SMARTS) is 1. The first-order chi connectivity index (χ1) is 5.66. The van der Waals surface area contributed by atoms with Crippen LogP contribution in [-0.2, 0) is 6.54 Å². The highest BCUT2D eigenvalue weighted by Crippen LogP contribution is 2.10. The molecule has 0 aliphatic heterocycles. The molecule has 0 radical (unpaired) electrons. The van der Waals surface area contributed by atoms with Crippen LogP contribution >= 0.6 is 0 Å². The Hall–Kier alpha value is -1.25. The normalized spacial score (nSPS) is 10.2. The van der Waals surface area contributed by atoms with Gasteiger partial charge in [-0.3, -0.25) is 0 Å². The molecule has 1 aromatic rings. The van der Waals surface area contributed by atoms with Crippen LogP contribution in [0.15, 0.2) is 12.3 Å². The second kappa shape index (κ2) is 3.43. The van der Waals surface area contributed by atoms with E-state index in [2.05, 4.69) is 6.92 Å². The lowest BCUT2D eigenvalue weighted by Gasteiger charge is -2.02. The minimum atomic E-state index is -0.845. The van der Waals surface area contributed by atoms with Gasteiger partial charge in [0.15, 0.2) is 0 Å². The quantitative estimate of drug-likeness (QED) is 0.747. The third kappa shape index (κ3) is 1.49. The summed E-state index contributed by atoms with van der Waals surface area (Å²) in [7, 11) is 0. The zero-order valence-electron chi connectivity index (χ0n) is 7.37. The predicted octanol–water partition coefficient (Wildman–Crippen LogP) is 1.90. The van der Waals surface area contributed by atoms with E-state index in [-0.39, 0.29) is 0 Å². The largest absolute Gasteiger partial charge is 0.478 e. The van der Waals surface area contributed by atoms with Gasteiger partial charge in [0.2, 0.25) is 0 Å². The number of hydrogen-bond donors (Lipinski definition) is 1. The molecule has 0 aromatic carbocycles. The fraction of sp³-hybridized carbons (Fsp3) is 0.444. The van der Waals surface area contributed by atoms with E-state index in [1.165, 1.54) is 0 Å². The fourth-order valence-electron chi connectivity index (χ4n) is 1.26. The number of aromatic carboxylic acids is 1. The number of aromatic nitrogens is 1. The van der Waals surface area contributed by atoms with Crippen molar-refractivity contribution in [2.75, 3.05) is 0 Å². The summed E-state index contributed by atoms with van der Waals surface area (Å²) in [6.45, 7) is 4.79. The zero-order valence-corrected chi connectivity index (χ0v) is 7.37. The summed E-state index contributed by atoms with van der Waals surface area (Å²) in [5.74, 6) is -0.845. The minimum Gasteiger partial charge on any atom is -0.478 e. The van der Waals surface area contributed by atoms with E-state index in [1.807, 2.05) is 17.7 Å². The first kappa shape index (κ1) is 8.84. The van der Waals surface area contributed by atoms with Crippen LogP contribution in [0.3, 0.4) is 0 Å². The van der Waals surface area contributed by atoms with E-state index < -0.39 is 5.97 Å². The molecule has 1 rings (SSSR count). The lowest BCUT2D eigenvalue weighted by molar-refractivity contribution is 0.0696. The van der Waals surface area contributed by atoms with E-state index in [9.17, 15) is 4.79 Å². The Kier molecular flexibility index (Phi) is 2.53. The van der Waals surface area contributed by atoms with Crippen molar-refractivity contribution in [3.63, 3.8) is 0 Å². The molecular formula is C9H13NO2. The number of nitrogens with zero attached hydrogens (tertiary/aromatic N) is 1. The van der Waals surface area contributed by atoms with E-state index in [0.717, 1.165) is 18.7 Å². The van der Waals surface area contributed by atoms with Gasteiger partial charge < -0.3 is 9.67 Å². The van der Waals surface area contributed by atoms with Crippen molar-refractivity contribution in [1.82, 2.24) is 4.57 Å². The maximum absolute atomic E-state index is 10.6. The van der Waals surface area contributed by atoms with Crippen molar-refractivity contribution in [2.45, 2.75) is 26.8 Å². The highest BCUT2D eigenvalue weighted by molar-refractivity contribution is 5.88. The van der Waals surface area contributed by atoms with Crippen molar-refractivity contribution >= 4 is 5.97 Å². The highest BCUT2D eigenvalue weighted by Gasteiger charge is 2.09. The monoisotopic (exact) mass is 167 g/mol. The average molecular weight is 167 g/mol. The molecule has 0 unspecified atom stereocenters. The zero-order chi connectivity index (χ0) is 9.14. The Bertz CT molecular complexity index is 289. The lowest BCUT2D eigenvalue weighted by Crippen LogP contribution is -2.02. The van der Waals surface area contributed by atoms with Crippen LogP contribution in [0.1, 0.15) is 29.4 Å². The fourth-order valence-corrected chi connectivity index (χ4v) is 1.26. The SMILES string of the molecule is CCCn1ccc(C(=O)O)c1C. The maximum atomic E-state index is 10.6. The Labute approximate surface area is 71.6 Å². The van der Waals surface area contributed by atoms with Crippen LogP contribution in [0.5, 0.6) is 0 Å². The first-order valence-corrected chi connectivity index (χ1v) is 4.05. The molecule has 0 saturated heterocycles. The Morgan fingerprint density at radius 1 is 1.67 bits per heavy atom. The van der Waals surface area contributed by atoms with Crippen LogP contribution in [0, 0.1) is 6.92 Å². The molecule has 0 aliphatic rings. The number of hydrogen-bond acceptors (Lipinski definition) is 1. The van der Waals surface area contributed by atoms with E-state index >= 15 is 0 Å². The summed E-state index contributed by atoms with van der Waals surface area (Å²) in [6.07, 6.45) is 2.84. The number of carbonyl (C=O) groups is 1. The molecule has 0 amide bonds. The van der Waals surface area contributed by atoms with Crippen molar-refractivity contribution in [3.05, 3.63) is 23.5 Å². The standard InChI is InChI=1S/C9H13NO2/c1-3-5-10-6-4-8(7(10)2)9(11)12/h4,6H,3,5H2,1-2H3,(H,11,12). The first-order valence-electron chi connectivity index (χ1n) is 4.05. The molecule has 66 valence electrons. The van der Waals surface area contributed by atoms with Crippen molar-refractivity contribution in [1.29, 1.82) is 0 Å². The van der Waals surface area contributed by atoms with Gasteiger partial charge in [-0.25, -0.2) is 4.79 Å². The van der Waals surface area contributed by atoms with Crippen molar-refractivity contribution < 1.29 is 9.90 Å². The summed E-state index contributed by atoms with van der Waals surface area (Å²) in [5, 5.41) is 8.73. The van der Waals surface area contributed by atoms with Gasteiger partial charge in [0, 0.05) is 18.4 Å². The third-order valence-corrected chi connectivity index (χ3v) is 1.94. The average Bonchev–Trinajstić information content (AvgIpc) is 2.34. The Balaban J connectivity index is 2.96. The summed E-state index contributed by atoms with van der Waals surface area (Å²) in [5.41, 5.74) is 1.24. The number of aryl methyl sites for hydroxylation is 1. The van der Waals surface area contributed by atoms with Gasteiger partial charge in [0.05, 0.1) is 5.56 Å². The summed E-state index contributed by atoms with van der Waals surface area (Å²) in [6, 6.07) is 1.65. The smallest absolute Gasteiger partial charge is 0.337 e. The van der Waals surface area contributed by atoms with Crippen LogP contribution in [0.4, 0.5) is 0 Å². The summed E-state index contributed by atoms with van der Waals surface area (Å²) >= 11 is 0. The van der Waals surface area contributed by atoms with Gasteiger partial charge in [0.25, 0.3) is 0 Å². The molecule has 0 spiro atoms. The molecule has 1 heterocycles. The molecular weight excluding hydrogens is 154 g/mol.